The van der Waals surface area contributed by atoms with Crippen LogP contribution in [0.5, 0.6) is 0 Å². The number of ether oxygens (including phenoxy) is 1. The van der Waals surface area contributed by atoms with Crippen LogP contribution in [0.2, 0.25) is 5.02 Å². The minimum Gasteiger partial charge on any atom is -0.381 e. The first-order valence-electron chi connectivity index (χ1n) is 5.24. The van der Waals surface area contributed by atoms with Crippen molar-refractivity contribution in [2.24, 2.45) is 0 Å². The lowest BCUT2D eigenvalue weighted by molar-refractivity contribution is 0.100. The Morgan fingerprint density at radius 3 is 2.81 bits per heavy atom. The van der Waals surface area contributed by atoms with E-state index in [1.54, 1.807) is 17.8 Å². The Balaban J connectivity index is 2.14. The van der Waals surface area contributed by atoms with Crippen molar-refractivity contribution in [1.82, 2.24) is 0 Å². The van der Waals surface area contributed by atoms with Crippen LogP contribution in [0.15, 0.2) is 23.1 Å². The Kier molecular flexibility index (Phi) is 4.11. The SMILES string of the molecule is N#Cc1c(Cl)cccc1SC1CCOCC1. The zero-order valence-corrected chi connectivity index (χ0v) is 10.4. The van der Waals surface area contributed by atoms with Crippen molar-refractivity contribution in [3.05, 3.63) is 28.8 Å². The molecule has 0 saturated carbocycles. The highest BCUT2D eigenvalue weighted by molar-refractivity contribution is 8.00. The molecular formula is C12H12ClNOS. The van der Waals surface area contributed by atoms with Gasteiger partial charge in [-0.05, 0) is 25.0 Å². The van der Waals surface area contributed by atoms with E-state index in [0.717, 1.165) is 31.0 Å². The summed E-state index contributed by atoms with van der Waals surface area (Å²) < 4.78 is 5.31. The number of nitriles is 1. The zero-order valence-electron chi connectivity index (χ0n) is 8.78. The van der Waals surface area contributed by atoms with Crippen LogP contribution in [0.3, 0.4) is 0 Å². The van der Waals surface area contributed by atoms with Gasteiger partial charge in [0.05, 0.1) is 10.6 Å². The van der Waals surface area contributed by atoms with Gasteiger partial charge in [0.1, 0.15) is 6.07 Å². The highest BCUT2D eigenvalue weighted by Crippen LogP contribution is 2.34. The zero-order chi connectivity index (χ0) is 11.4. The van der Waals surface area contributed by atoms with Gasteiger partial charge in [-0.3, -0.25) is 0 Å². The van der Waals surface area contributed by atoms with E-state index in [4.69, 9.17) is 21.6 Å². The van der Waals surface area contributed by atoms with Crippen LogP contribution >= 0.6 is 23.4 Å². The first-order chi connectivity index (χ1) is 7.81. The van der Waals surface area contributed by atoms with Gasteiger partial charge >= 0.3 is 0 Å². The smallest absolute Gasteiger partial charge is 0.102 e. The predicted molar refractivity (Wildman–Crippen MR) is 65.9 cm³/mol. The van der Waals surface area contributed by atoms with Crippen molar-refractivity contribution in [2.45, 2.75) is 23.0 Å². The Labute approximate surface area is 105 Å². The number of nitrogens with zero attached hydrogens (tertiary/aromatic N) is 1. The summed E-state index contributed by atoms with van der Waals surface area (Å²) in [6.45, 7) is 1.64. The third kappa shape index (κ3) is 2.70. The second-order valence-electron chi connectivity index (χ2n) is 3.65. The second kappa shape index (κ2) is 5.58. The third-order valence-electron chi connectivity index (χ3n) is 2.55. The topological polar surface area (TPSA) is 33.0 Å². The molecule has 4 heteroatoms. The lowest BCUT2D eigenvalue weighted by atomic mass is 10.2. The molecule has 84 valence electrons. The van der Waals surface area contributed by atoms with Crippen LogP contribution in [0.1, 0.15) is 18.4 Å². The van der Waals surface area contributed by atoms with Gasteiger partial charge in [0, 0.05) is 23.4 Å². The Morgan fingerprint density at radius 2 is 2.12 bits per heavy atom. The molecule has 1 aromatic carbocycles. The molecule has 0 aliphatic carbocycles. The number of hydrogen-bond donors (Lipinski definition) is 0. The highest BCUT2D eigenvalue weighted by Gasteiger charge is 2.17. The monoisotopic (exact) mass is 253 g/mol. The van der Waals surface area contributed by atoms with E-state index < -0.39 is 0 Å². The van der Waals surface area contributed by atoms with Crippen molar-refractivity contribution in [1.29, 1.82) is 5.26 Å². The molecule has 1 fully saturated rings. The lowest BCUT2D eigenvalue weighted by Gasteiger charge is -2.21. The molecule has 1 aliphatic heterocycles. The largest absolute Gasteiger partial charge is 0.381 e. The van der Waals surface area contributed by atoms with Gasteiger partial charge in [-0.15, -0.1) is 11.8 Å². The third-order valence-corrected chi connectivity index (χ3v) is 4.26. The van der Waals surface area contributed by atoms with Crippen LogP contribution in [0.25, 0.3) is 0 Å². The summed E-state index contributed by atoms with van der Waals surface area (Å²) in [6.07, 6.45) is 2.09. The van der Waals surface area contributed by atoms with Crippen molar-refractivity contribution < 1.29 is 4.74 Å². The van der Waals surface area contributed by atoms with Gasteiger partial charge in [-0.2, -0.15) is 5.26 Å². The fourth-order valence-electron chi connectivity index (χ4n) is 1.68. The minimum absolute atomic E-state index is 0.541. The van der Waals surface area contributed by atoms with Crippen LogP contribution in [-0.2, 0) is 4.74 Å². The number of rotatable bonds is 2. The van der Waals surface area contributed by atoms with Gasteiger partial charge in [-0.25, -0.2) is 0 Å². The maximum Gasteiger partial charge on any atom is 0.102 e. The van der Waals surface area contributed by atoms with E-state index in [1.165, 1.54) is 0 Å². The van der Waals surface area contributed by atoms with Crippen molar-refractivity contribution in [2.75, 3.05) is 13.2 Å². The Morgan fingerprint density at radius 1 is 1.38 bits per heavy atom. The maximum absolute atomic E-state index is 9.06. The van der Waals surface area contributed by atoms with E-state index in [-0.39, 0.29) is 0 Å². The number of hydrogen-bond acceptors (Lipinski definition) is 3. The molecule has 1 aliphatic rings. The van der Waals surface area contributed by atoms with Gasteiger partial charge in [0.15, 0.2) is 0 Å². The molecular weight excluding hydrogens is 242 g/mol. The van der Waals surface area contributed by atoms with Crippen LogP contribution in [0, 0.1) is 11.3 Å². The first kappa shape index (κ1) is 11.8. The fraction of sp³-hybridized carbons (Fsp3) is 0.417. The summed E-state index contributed by atoms with van der Waals surface area (Å²) in [4.78, 5) is 0.988. The van der Waals surface area contributed by atoms with Gasteiger partial charge in [-0.1, -0.05) is 17.7 Å². The standard InChI is InChI=1S/C12H12ClNOS/c13-11-2-1-3-12(10(11)8-14)16-9-4-6-15-7-5-9/h1-3,9H,4-7H2. The van der Waals surface area contributed by atoms with Crippen LogP contribution in [0.4, 0.5) is 0 Å². The Bertz CT molecular complexity index is 410. The molecule has 0 aromatic heterocycles. The lowest BCUT2D eigenvalue weighted by Crippen LogP contribution is -2.17. The molecule has 1 aromatic rings. The molecule has 1 saturated heterocycles. The van der Waals surface area contributed by atoms with E-state index in [0.29, 0.717) is 15.8 Å². The molecule has 16 heavy (non-hydrogen) atoms. The highest BCUT2D eigenvalue weighted by atomic mass is 35.5. The van der Waals surface area contributed by atoms with E-state index >= 15 is 0 Å². The summed E-state index contributed by atoms with van der Waals surface area (Å²) in [5.74, 6) is 0. The van der Waals surface area contributed by atoms with Crippen LogP contribution < -0.4 is 0 Å². The van der Waals surface area contributed by atoms with E-state index in [1.807, 2.05) is 12.1 Å². The first-order valence-corrected chi connectivity index (χ1v) is 6.50. The van der Waals surface area contributed by atoms with Crippen molar-refractivity contribution >= 4 is 23.4 Å². The van der Waals surface area contributed by atoms with E-state index in [9.17, 15) is 0 Å². The maximum atomic E-state index is 9.06. The molecule has 2 rings (SSSR count). The fourth-order valence-corrected chi connectivity index (χ4v) is 3.18. The number of benzene rings is 1. The quantitative estimate of drug-likeness (QED) is 0.809. The van der Waals surface area contributed by atoms with Crippen molar-refractivity contribution in [3.8, 4) is 6.07 Å². The summed E-state index contributed by atoms with van der Waals surface area (Å²) >= 11 is 7.73. The molecule has 0 radical (unpaired) electrons. The summed E-state index contributed by atoms with van der Waals surface area (Å²) in [7, 11) is 0. The molecule has 0 atom stereocenters. The molecule has 0 bridgehead atoms. The average molecular weight is 254 g/mol. The normalized spacial score (nSPS) is 17.0. The summed E-state index contributed by atoms with van der Waals surface area (Å²) in [5.41, 5.74) is 0.598. The molecule has 0 spiro atoms. The van der Waals surface area contributed by atoms with Gasteiger partial charge in [0.2, 0.25) is 0 Å². The summed E-state index contributed by atoms with van der Waals surface area (Å²) in [5, 5.41) is 10.1. The predicted octanol–water partition coefficient (Wildman–Crippen LogP) is 3.48. The number of halogens is 1. The molecule has 0 amide bonds. The molecule has 0 unspecified atom stereocenters. The average Bonchev–Trinajstić information content (AvgIpc) is 2.31. The second-order valence-corrected chi connectivity index (χ2v) is 5.40. The van der Waals surface area contributed by atoms with E-state index in [2.05, 4.69) is 6.07 Å². The minimum atomic E-state index is 0.541. The van der Waals surface area contributed by atoms with Gasteiger partial charge < -0.3 is 4.74 Å². The molecule has 2 nitrogen and oxygen atoms in total. The van der Waals surface area contributed by atoms with Crippen molar-refractivity contribution in [3.63, 3.8) is 0 Å². The number of thioether (sulfide) groups is 1. The Hall–Kier alpha value is -0.690. The van der Waals surface area contributed by atoms with Gasteiger partial charge in [0.25, 0.3) is 0 Å². The molecule has 0 N–H and O–H groups in total. The molecule has 1 heterocycles. The summed E-state index contributed by atoms with van der Waals surface area (Å²) in [6, 6.07) is 7.78. The van der Waals surface area contributed by atoms with Crippen LogP contribution in [-0.4, -0.2) is 18.5 Å².